The van der Waals surface area contributed by atoms with E-state index in [9.17, 15) is 24.0 Å². The summed E-state index contributed by atoms with van der Waals surface area (Å²) in [6, 6.07) is 13.5. The summed E-state index contributed by atoms with van der Waals surface area (Å²) >= 11 is 0. The van der Waals surface area contributed by atoms with Crippen LogP contribution in [0.1, 0.15) is 68.1 Å². The van der Waals surface area contributed by atoms with Gasteiger partial charge in [-0.05, 0) is 56.6 Å². The van der Waals surface area contributed by atoms with Gasteiger partial charge in [-0.3, -0.25) is 24.0 Å². The molecule has 11 nitrogen and oxygen atoms in total. The Hall–Kier alpha value is -4.25. The van der Waals surface area contributed by atoms with Crippen molar-refractivity contribution in [3.63, 3.8) is 0 Å². The summed E-state index contributed by atoms with van der Waals surface area (Å²) in [5.74, 6) is -2.22. The maximum absolute atomic E-state index is 13.9. The van der Waals surface area contributed by atoms with Crippen molar-refractivity contribution in [1.29, 1.82) is 0 Å². The molecule has 5 unspecified atom stereocenters. The normalized spacial score (nSPS) is 21.3. The summed E-state index contributed by atoms with van der Waals surface area (Å²) < 4.78 is 0. The van der Waals surface area contributed by atoms with Crippen molar-refractivity contribution in [3.05, 3.63) is 71.3 Å². The number of fused-ring (bicyclic) bond motifs is 1. The second-order valence-electron chi connectivity index (χ2n) is 11.9. The fraction of sp³-hybridized carbons (Fsp3) is 0.485. The van der Waals surface area contributed by atoms with Crippen LogP contribution in [0.2, 0.25) is 0 Å². The van der Waals surface area contributed by atoms with E-state index in [0.29, 0.717) is 25.7 Å². The molecule has 0 spiro atoms. The lowest BCUT2D eigenvalue weighted by Crippen LogP contribution is -2.59. The lowest BCUT2D eigenvalue weighted by atomic mass is 9.98. The SMILES string of the molecule is Cc1ccc(CC(N)C(=O)NC2CCCCC3CCC(C(=O)NC(CCC(N)=O)C(=O)NCc4ccccc4)N3C2=O)cc1. The molecule has 2 heterocycles. The monoisotopic (exact) mass is 604 g/mol. The maximum atomic E-state index is 13.9. The molecule has 2 aromatic rings. The fourth-order valence-electron chi connectivity index (χ4n) is 6.00. The largest absolute Gasteiger partial charge is 0.370 e. The zero-order chi connectivity index (χ0) is 31.6. The van der Waals surface area contributed by atoms with Gasteiger partial charge in [0.1, 0.15) is 18.1 Å². The topological polar surface area (TPSA) is 177 Å². The molecule has 4 rings (SSSR count). The molecule has 5 amide bonds. The van der Waals surface area contributed by atoms with E-state index in [1.54, 1.807) is 4.90 Å². The molecule has 236 valence electrons. The zero-order valence-corrected chi connectivity index (χ0v) is 25.3. The Balaban J connectivity index is 1.42. The molecule has 0 aromatic heterocycles. The first-order chi connectivity index (χ1) is 21.1. The van der Waals surface area contributed by atoms with Crippen molar-refractivity contribution in [2.45, 2.75) is 101 Å². The smallest absolute Gasteiger partial charge is 0.246 e. The molecular formula is C33H44N6O5. The van der Waals surface area contributed by atoms with Crippen LogP contribution in [0.3, 0.4) is 0 Å². The molecule has 5 atom stereocenters. The highest BCUT2D eigenvalue weighted by atomic mass is 16.2. The van der Waals surface area contributed by atoms with E-state index < -0.39 is 47.8 Å². The molecule has 0 radical (unpaired) electrons. The molecule has 0 saturated carbocycles. The quantitative estimate of drug-likeness (QED) is 0.244. The highest BCUT2D eigenvalue weighted by molar-refractivity contribution is 5.95. The minimum atomic E-state index is -1.00. The van der Waals surface area contributed by atoms with E-state index in [0.717, 1.165) is 36.0 Å². The third-order valence-corrected chi connectivity index (χ3v) is 8.49. The Labute approximate surface area is 258 Å². The van der Waals surface area contributed by atoms with Gasteiger partial charge >= 0.3 is 0 Å². The highest BCUT2D eigenvalue weighted by Gasteiger charge is 2.44. The number of primary amides is 1. The number of hydrogen-bond donors (Lipinski definition) is 5. The average Bonchev–Trinajstić information content (AvgIpc) is 3.43. The summed E-state index contributed by atoms with van der Waals surface area (Å²) in [6.45, 7) is 2.24. The fourth-order valence-corrected chi connectivity index (χ4v) is 6.00. The molecular weight excluding hydrogens is 560 g/mol. The van der Waals surface area contributed by atoms with Crippen molar-refractivity contribution >= 4 is 29.5 Å². The van der Waals surface area contributed by atoms with Crippen LogP contribution < -0.4 is 27.4 Å². The van der Waals surface area contributed by atoms with Crippen LogP contribution in [0.25, 0.3) is 0 Å². The molecule has 2 aliphatic heterocycles. The summed E-state index contributed by atoms with van der Waals surface area (Å²) in [7, 11) is 0. The number of rotatable bonds is 12. The van der Waals surface area contributed by atoms with E-state index >= 15 is 0 Å². The number of hydrogen-bond acceptors (Lipinski definition) is 6. The van der Waals surface area contributed by atoms with Gasteiger partial charge in [-0.1, -0.05) is 73.0 Å². The van der Waals surface area contributed by atoms with Gasteiger partial charge in [0.05, 0.1) is 6.04 Å². The molecule has 2 aromatic carbocycles. The third kappa shape index (κ3) is 8.89. The first-order valence-electron chi connectivity index (χ1n) is 15.5. The van der Waals surface area contributed by atoms with Crippen molar-refractivity contribution < 1.29 is 24.0 Å². The molecule has 0 bridgehead atoms. The summed E-state index contributed by atoms with van der Waals surface area (Å²) in [5, 5.41) is 8.46. The standard InChI is InChI=1S/C33H44N6O5/c1-21-11-13-22(14-12-21)19-25(34)30(41)38-27-10-6-5-9-24-15-17-28(39(24)33(27)44)32(43)37-26(16-18-29(35)40)31(42)36-20-23-7-3-2-4-8-23/h2-4,7-8,11-14,24-28H,5-6,9-10,15-20,34H2,1H3,(H2,35,40)(H,36,42)(H,37,43)(H,38,41). The number of nitrogens with zero attached hydrogens (tertiary/aromatic N) is 1. The number of nitrogens with one attached hydrogen (secondary N) is 3. The Morgan fingerprint density at radius 2 is 1.61 bits per heavy atom. The van der Waals surface area contributed by atoms with E-state index in [-0.39, 0.29) is 31.3 Å². The van der Waals surface area contributed by atoms with Gasteiger partial charge in [0, 0.05) is 19.0 Å². The van der Waals surface area contributed by atoms with Gasteiger partial charge in [0.15, 0.2) is 0 Å². The Morgan fingerprint density at radius 3 is 2.32 bits per heavy atom. The number of carbonyl (C=O) groups is 5. The molecule has 7 N–H and O–H groups in total. The van der Waals surface area contributed by atoms with Crippen molar-refractivity contribution in [1.82, 2.24) is 20.9 Å². The molecule has 2 fully saturated rings. The van der Waals surface area contributed by atoms with Crippen LogP contribution in [-0.2, 0) is 36.9 Å². The minimum Gasteiger partial charge on any atom is -0.370 e. The summed E-state index contributed by atoms with van der Waals surface area (Å²) in [4.78, 5) is 66.8. The number of benzene rings is 2. The lowest BCUT2D eigenvalue weighted by molar-refractivity contribution is -0.145. The van der Waals surface area contributed by atoms with Gasteiger partial charge in [-0.25, -0.2) is 0 Å². The second-order valence-corrected chi connectivity index (χ2v) is 11.9. The second kappa shape index (κ2) is 15.5. The molecule has 2 aliphatic rings. The lowest BCUT2D eigenvalue weighted by Gasteiger charge is -2.36. The Morgan fingerprint density at radius 1 is 0.909 bits per heavy atom. The van der Waals surface area contributed by atoms with Crippen LogP contribution in [0.15, 0.2) is 54.6 Å². The van der Waals surface area contributed by atoms with Crippen LogP contribution in [0.4, 0.5) is 0 Å². The van der Waals surface area contributed by atoms with Crippen molar-refractivity contribution in [3.8, 4) is 0 Å². The van der Waals surface area contributed by atoms with Gasteiger partial charge in [0.2, 0.25) is 29.5 Å². The van der Waals surface area contributed by atoms with E-state index in [1.807, 2.05) is 61.5 Å². The number of amides is 5. The number of aryl methyl sites for hydroxylation is 1. The van der Waals surface area contributed by atoms with Gasteiger partial charge in [0.25, 0.3) is 0 Å². The summed E-state index contributed by atoms with van der Waals surface area (Å²) in [5.41, 5.74) is 14.5. The van der Waals surface area contributed by atoms with Gasteiger partial charge < -0.3 is 32.3 Å². The molecule has 0 aliphatic carbocycles. The van der Waals surface area contributed by atoms with Gasteiger partial charge in [-0.15, -0.1) is 0 Å². The number of carbonyl (C=O) groups excluding carboxylic acids is 5. The van der Waals surface area contributed by atoms with E-state index in [1.165, 1.54) is 0 Å². The Kier molecular flexibility index (Phi) is 11.5. The zero-order valence-electron chi connectivity index (χ0n) is 25.3. The van der Waals surface area contributed by atoms with E-state index in [2.05, 4.69) is 16.0 Å². The summed E-state index contributed by atoms with van der Waals surface area (Å²) in [6.07, 6.45) is 4.18. The minimum absolute atomic E-state index is 0.0311. The predicted molar refractivity (Wildman–Crippen MR) is 166 cm³/mol. The first kappa shape index (κ1) is 32.7. The molecule has 2 saturated heterocycles. The van der Waals surface area contributed by atoms with Crippen molar-refractivity contribution in [2.24, 2.45) is 11.5 Å². The van der Waals surface area contributed by atoms with E-state index in [4.69, 9.17) is 11.5 Å². The first-order valence-corrected chi connectivity index (χ1v) is 15.5. The highest BCUT2D eigenvalue weighted by Crippen LogP contribution is 2.31. The third-order valence-electron chi connectivity index (χ3n) is 8.49. The van der Waals surface area contributed by atoms with Crippen LogP contribution in [-0.4, -0.2) is 64.6 Å². The average molecular weight is 605 g/mol. The predicted octanol–water partition coefficient (Wildman–Crippen LogP) is 1.35. The van der Waals surface area contributed by atoms with Crippen LogP contribution >= 0.6 is 0 Å². The van der Waals surface area contributed by atoms with Crippen LogP contribution in [0, 0.1) is 6.92 Å². The Bertz CT molecular complexity index is 1320. The molecule has 44 heavy (non-hydrogen) atoms. The van der Waals surface area contributed by atoms with Crippen molar-refractivity contribution in [2.75, 3.05) is 0 Å². The molecule has 11 heteroatoms. The maximum Gasteiger partial charge on any atom is 0.246 e. The number of nitrogens with two attached hydrogens (primary N) is 2. The van der Waals surface area contributed by atoms with Gasteiger partial charge in [-0.2, -0.15) is 0 Å². The van der Waals surface area contributed by atoms with Crippen LogP contribution in [0.5, 0.6) is 0 Å².